The van der Waals surface area contributed by atoms with Crippen LogP contribution in [0.1, 0.15) is 0 Å². The molecule has 0 amide bonds. The van der Waals surface area contributed by atoms with Gasteiger partial charge in [-0.1, -0.05) is 0 Å². The number of aliphatic hydroxyl groups excluding tert-OH is 1. The van der Waals surface area contributed by atoms with Crippen LogP contribution >= 0.6 is 0 Å². The van der Waals surface area contributed by atoms with Crippen LogP contribution in [0.25, 0.3) is 0 Å². The minimum Gasteiger partial charge on any atom is -0.394 e. The van der Waals surface area contributed by atoms with Gasteiger partial charge in [0.25, 0.3) is 0 Å². The number of ether oxygens (including phenoxy) is 1. The summed E-state index contributed by atoms with van der Waals surface area (Å²) in [6.07, 6.45) is -4.87. The van der Waals surface area contributed by atoms with Crippen molar-refractivity contribution in [2.45, 2.75) is 18.3 Å². The molecule has 0 bridgehead atoms. The van der Waals surface area contributed by atoms with Crippen LogP contribution in [0.4, 0.5) is 13.2 Å². The molecule has 0 aliphatic carbocycles. The summed E-state index contributed by atoms with van der Waals surface area (Å²) in [7, 11) is 0. The minimum atomic E-state index is -4.33. The Bertz CT molecular complexity index is 201. The SMILES string of the molecule is NCC(N1CCOC(CO)C1)C(F)(F)F. The first-order chi connectivity index (χ1) is 6.99. The summed E-state index contributed by atoms with van der Waals surface area (Å²) in [5, 5.41) is 8.80. The molecule has 3 N–H and O–H groups in total. The van der Waals surface area contributed by atoms with Crippen LogP contribution in [0, 0.1) is 0 Å². The van der Waals surface area contributed by atoms with E-state index >= 15 is 0 Å². The Labute approximate surface area is 85.8 Å². The highest BCUT2D eigenvalue weighted by atomic mass is 19.4. The van der Waals surface area contributed by atoms with E-state index < -0.39 is 24.9 Å². The van der Waals surface area contributed by atoms with E-state index in [4.69, 9.17) is 15.6 Å². The van der Waals surface area contributed by atoms with Gasteiger partial charge in [-0.15, -0.1) is 0 Å². The fourth-order valence-electron chi connectivity index (χ4n) is 1.63. The van der Waals surface area contributed by atoms with Crippen molar-refractivity contribution in [1.82, 2.24) is 4.90 Å². The molecule has 0 aromatic heterocycles. The molecule has 1 fully saturated rings. The molecule has 1 rings (SSSR count). The summed E-state index contributed by atoms with van der Waals surface area (Å²) in [6, 6.07) is -1.64. The molecule has 0 aromatic rings. The lowest BCUT2D eigenvalue weighted by Crippen LogP contribution is -2.56. The van der Waals surface area contributed by atoms with Crippen LogP contribution < -0.4 is 5.73 Å². The third-order valence-corrected chi connectivity index (χ3v) is 2.42. The largest absolute Gasteiger partial charge is 0.405 e. The normalized spacial score (nSPS) is 26.6. The lowest BCUT2D eigenvalue weighted by molar-refractivity contribution is -0.196. The van der Waals surface area contributed by atoms with E-state index in [9.17, 15) is 13.2 Å². The second-order valence-electron chi connectivity index (χ2n) is 3.46. The number of halogens is 3. The Morgan fingerprint density at radius 2 is 2.20 bits per heavy atom. The average Bonchev–Trinajstić information content (AvgIpc) is 2.17. The van der Waals surface area contributed by atoms with Crippen molar-refractivity contribution < 1.29 is 23.0 Å². The Balaban J connectivity index is 2.60. The molecule has 15 heavy (non-hydrogen) atoms. The second-order valence-corrected chi connectivity index (χ2v) is 3.46. The van der Waals surface area contributed by atoms with Crippen molar-refractivity contribution in [2.24, 2.45) is 5.73 Å². The second kappa shape index (κ2) is 5.11. The predicted octanol–water partition coefficient (Wildman–Crippen LogP) is -0.431. The van der Waals surface area contributed by atoms with E-state index in [0.717, 1.165) is 0 Å². The lowest BCUT2D eigenvalue weighted by Gasteiger charge is -2.37. The lowest BCUT2D eigenvalue weighted by atomic mass is 10.2. The first-order valence-electron chi connectivity index (χ1n) is 4.72. The number of hydrogen-bond donors (Lipinski definition) is 2. The molecule has 2 atom stereocenters. The zero-order chi connectivity index (χ0) is 11.5. The third kappa shape index (κ3) is 3.30. The van der Waals surface area contributed by atoms with Gasteiger partial charge in [0, 0.05) is 19.6 Å². The van der Waals surface area contributed by atoms with Crippen LogP contribution in [-0.4, -0.2) is 61.2 Å². The molecular formula is C8H15F3N2O2. The molecule has 1 aliphatic rings. The van der Waals surface area contributed by atoms with Gasteiger partial charge in [-0.3, -0.25) is 4.90 Å². The van der Waals surface area contributed by atoms with Crippen LogP contribution in [0.3, 0.4) is 0 Å². The highest BCUT2D eigenvalue weighted by molar-refractivity contribution is 4.83. The molecule has 0 saturated carbocycles. The summed E-state index contributed by atoms with van der Waals surface area (Å²) < 4.78 is 42.6. The number of rotatable bonds is 3. The van der Waals surface area contributed by atoms with Gasteiger partial charge >= 0.3 is 6.18 Å². The minimum absolute atomic E-state index is 0.0673. The summed E-state index contributed by atoms with van der Waals surface area (Å²) in [5.74, 6) is 0. The topological polar surface area (TPSA) is 58.7 Å². The summed E-state index contributed by atoms with van der Waals surface area (Å²) >= 11 is 0. The van der Waals surface area contributed by atoms with Crippen molar-refractivity contribution in [3.63, 3.8) is 0 Å². The van der Waals surface area contributed by atoms with Crippen LogP contribution in [0.2, 0.25) is 0 Å². The van der Waals surface area contributed by atoms with Gasteiger partial charge in [0.05, 0.1) is 19.3 Å². The first-order valence-corrected chi connectivity index (χ1v) is 4.72. The van der Waals surface area contributed by atoms with Gasteiger partial charge in [0.2, 0.25) is 0 Å². The Morgan fingerprint density at radius 1 is 1.53 bits per heavy atom. The van der Waals surface area contributed by atoms with Crippen molar-refractivity contribution in [2.75, 3.05) is 32.8 Å². The van der Waals surface area contributed by atoms with Crippen LogP contribution in [0.15, 0.2) is 0 Å². The van der Waals surface area contributed by atoms with Gasteiger partial charge in [-0.25, -0.2) is 0 Å². The van der Waals surface area contributed by atoms with Crippen molar-refractivity contribution in [1.29, 1.82) is 0 Å². The molecule has 0 aromatic carbocycles. The number of nitrogens with two attached hydrogens (primary N) is 1. The maximum atomic E-state index is 12.5. The smallest absolute Gasteiger partial charge is 0.394 e. The van der Waals surface area contributed by atoms with Gasteiger partial charge < -0.3 is 15.6 Å². The van der Waals surface area contributed by atoms with E-state index in [0.29, 0.717) is 0 Å². The monoisotopic (exact) mass is 228 g/mol. The Morgan fingerprint density at radius 3 is 2.67 bits per heavy atom. The quantitative estimate of drug-likeness (QED) is 0.688. The van der Waals surface area contributed by atoms with E-state index in [1.807, 2.05) is 0 Å². The van der Waals surface area contributed by atoms with E-state index in [1.54, 1.807) is 0 Å². The molecule has 1 saturated heterocycles. The fraction of sp³-hybridized carbons (Fsp3) is 1.00. The zero-order valence-electron chi connectivity index (χ0n) is 8.20. The maximum absolute atomic E-state index is 12.5. The van der Waals surface area contributed by atoms with Crippen LogP contribution in [0.5, 0.6) is 0 Å². The molecular weight excluding hydrogens is 213 g/mol. The molecule has 90 valence electrons. The summed E-state index contributed by atoms with van der Waals surface area (Å²) in [5.41, 5.74) is 5.11. The zero-order valence-corrected chi connectivity index (χ0v) is 8.20. The van der Waals surface area contributed by atoms with Gasteiger partial charge in [0.15, 0.2) is 0 Å². The van der Waals surface area contributed by atoms with Gasteiger partial charge in [-0.05, 0) is 0 Å². The highest BCUT2D eigenvalue weighted by Gasteiger charge is 2.43. The van der Waals surface area contributed by atoms with Gasteiger partial charge in [-0.2, -0.15) is 13.2 Å². The number of nitrogens with zero attached hydrogens (tertiary/aromatic N) is 1. The maximum Gasteiger partial charge on any atom is 0.405 e. The molecule has 0 spiro atoms. The highest BCUT2D eigenvalue weighted by Crippen LogP contribution is 2.25. The molecule has 0 radical (unpaired) electrons. The molecule has 4 nitrogen and oxygen atoms in total. The number of alkyl halides is 3. The molecule has 2 unspecified atom stereocenters. The number of aliphatic hydroxyl groups is 1. The molecule has 1 aliphatic heterocycles. The Hall–Kier alpha value is -0.370. The fourth-order valence-corrected chi connectivity index (χ4v) is 1.63. The third-order valence-electron chi connectivity index (χ3n) is 2.42. The summed E-state index contributed by atoms with van der Waals surface area (Å²) in [4.78, 5) is 1.21. The van der Waals surface area contributed by atoms with Crippen molar-refractivity contribution >= 4 is 0 Å². The van der Waals surface area contributed by atoms with Gasteiger partial charge in [0.1, 0.15) is 6.04 Å². The van der Waals surface area contributed by atoms with E-state index in [-0.39, 0.29) is 26.3 Å². The standard InChI is InChI=1S/C8H15F3N2O2/c9-8(10,11)7(3-12)13-1-2-15-6(4-13)5-14/h6-7,14H,1-5,12H2. The molecule has 1 heterocycles. The van der Waals surface area contributed by atoms with E-state index in [1.165, 1.54) is 4.90 Å². The molecule has 7 heteroatoms. The number of morpholine rings is 1. The first kappa shape index (κ1) is 12.7. The summed E-state index contributed by atoms with van der Waals surface area (Å²) in [6.45, 7) is -0.291. The predicted molar refractivity (Wildman–Crippen MR) is 47.3 cm³/mol. The number of hydrogen-bond acceptors (Lipinski definition) is 4. The Kier molecular flexibility index (Phi) is 4.32. The average molecular weight is 228 g/mol. The van der Waals surface area contributed by atoms with Crippen molar-refractivity contribution in [3.8, 4) is 0 Å². The van der Waals surface area contributed by atoms with Crippen LogP contribution in [-0.2, 0) is 4.74 Å². The van der Waals surface area contributed by atoms with Crippen molar-refractivity contribution in [3.05, 3.63) is 0 Å². The van der Waals surface area contributed by atoms with E-state index in [2.05, 4.69) is 0 Å².